The zero-order chi connectivity index (χ0) is 18.5. The number of hydrogen-bond acceptors (Lipinski definition) is 3. The lowest BCUT2D eigenvalue weighted by Crippen LogP contribution is -2.43. The lowest BCUT2D eigenvalue weighted by molar-refractivity contribution is -0.121. The topological polar surface area (TPSA) is 50.5 Å². The second-order valence-electron chi connectivity index (χ2n) is 7.78. The molecule has 0 spiro atoms. The molecule has 134 valence electrons. The summed E-state index contributed by atoms with van der Waals surface area (Å²) in [5.74, 6) is 0.551. The van der Waals surface area contributed by atoms with Crippen molar-refractivity contribution in [3.8, 4) is 0 Å². The number of anilines is 1. The van der Waals surface area contributed by atoms with Gasteiger partial charge >= 0.3 is 0 Å². The fourth-order valence-electron chi connectivity index (χ4n) is 4.04. The molecule has 5 heteroatoms. The molecule has 1 aliphatic heterocycles. The number of allylic oxidation sites excluding steroid dienone is 2. The number of carbonyl (C=O) groups is 2. The smallest absolute Gasteiger partial charge is 0.232 e. The third kappa shape index (κ3) is 3.02. The van der Waals surface area contributed by atoms with Gasteiger partial charge in [-0.25, -0.2) is 0 Å². The van der Waals surface area contributed by atoms with E-state index in [9.17, 15) is 9.59 Å². The highest BCUT2D eigenvalue weighted by Gasteiger charge is 2.45. The molecule has 0 saturated heterocycles. The molecule has 2 aliphatic rings. The van der Waals surface area contributed by atoms with Crippen LogP contribution in [0.15, 0.2) is 58.3 Å². The number of Topliss-reactive ketones (excluding diaryl/α,β-unsaturated/α-hetero) is 1. The van der Waals surface area contributed by atoms with Gasteiger partial charge in [0, 0.05) is 33.4 Å². The Hall–Kier alpha value is -1.89. The van der Waals surface area contributed by atoms with Crippen molar-refractivity contribution in [2.75, 3.05) is 4.90 Å². The van der Waals surface area contributed by atoms with Crippen molar-refractivity contribution in [2.45, 2.75) is 39.0 Å². The molecule has 2 heterocycles. The van der Waals surface area contributed by atoms with Crippen molar-refractivity contribution >= 4 is 40.0 Å². The predicted octanol–water partition coefficient (Wildman–Crippen LogP) is 5.05. The van der Waals surface area contributed by atoms with Crippen LogP contribution in [0.4, 0.5) is 5.69 Å². The Labute approximate surface area is 166 Å². The van der Waals surface area contributed by atoms with Gasteiger partial charge in [0.1, 0.15) is 5.76 Å². The number of benzene rings is 1. The molecule has 4 rings (SSSR count). The lowest BCUT2D eigenvalue weighted by atomic mass is 9.70. The van der Waals surface area contributed by atoms with E-state index in [4.69, 9.17) is 4.42 Å². The molecular weight excluding hydrogens is 441 g/mol. The first-order chi connectivity index (χ1) is 12.4. The summed E-state index contributed by atoms with van der Waals surface area (Å²) in [6.45, 7) is 4.17. The van der Waals surface area contributed by atoms with Gasteiger partial charge in [0.25, 0.3) is 0 Å². The maximum atomic E-state index is 13.1. The highest BCUT2D eigenvalue weighted by atomic mass is 127. The second-order valence-corrected chi connectivity index (χ2v) is 9.02. The van der Waals surface area contributed by atoms with E-state index >= 15 is 0 Å². The highest BCUT2D eigenvalue weighted by molar-refractivity contribution is 14.1. The first-order valence-corrected chi connectivity index (χ1v) is 9.82. The van der Waals surface area contributed by atoms with Gasteiger partial charge in [-0.1, -0.05) is 13.8 Å². The molecule has 1 aromatic carbocycles. The minimum atomic E-state index is -0.281. The summed E-state index contributed by atoms with van der Waals surface area (Å²) in [5, 5.41) is 0. The van der Waals surface area contributed by atoms with Crippen molar-refractivity contribution < 1.29 is 14.0 Å². The largest absolute Gasteiger partial charge is 0.469 e. The molecule has 0 saturated carbocycles. The number of amides is 1. The van der Waals surface area contributed by atoms with Gasteiger partial charge in [-0.15, -0.1) is 0 Å². The molecule has 0 N–H and O–H groups in total. The van der Waals surface area contributed by atoms with Crippen molar-refractivity contribution in [3.63, 3.8) is 0 Å². The van der Waals surface area contributed by atoms with E-state index < -0.39 is 0 Å². The van der Waals surface area contributed by atoms with Gasteiger partial charge in [0.15, 0.2) is 5.78 Å². The summed E-state index contributed by atoms with van der Waals surface area (Å²) in [6.07, 6.45) is 3.05. The molecule has 1 aromatic heterocycles. The maximum Gasteiger partial charge on any atom is 0.232 e. The van der Waals surface area contributed by atoms with Crippen LogP contribution in [0.2, 0.25) is 0 Å². The second kappa shape index (κ2) is 6.37. The number of halogens is 1. The van der Waals surface area contributed by atoms with Crippen molar-refractivity contribution in [1.29, 1.82) is 0 Å². The predicted molar refractivity (Wildman–Crippen MR) is 108 cm³/mol. The van der Waals surface area contributed by atoms with Gasteiger partial charge in [-0.3, -0.25) is 14.5 Å². The number of hydrogen-bond donors (Lipinski definition) is 0. The number of carbonyl (C=O) groups excluding carboxylic acids is 2. The monoisotopic (exact) mass is 461 g/mol. The normalized spacial score (nSPS) is 22.6. The van der Waals surface area contributed by atoms with Crippen molar-refractivity contribution in [2.24, 2.45) is 5.41 Å². The number of ketones is 1. The van der Waals surface area contributed by atoms with E-state index in [2.05, 4.69) is 36.4 Å². The zero-order valence-electron chi connectivity index (χ0n) is 14.8. The Morgan fingerprint density at radius 3 is 2.50 bits per heavy atom. The molecule has 26 heavy (non-hydrogen) atoms. The standard InChI is InChI=1S/C21H20INO3/c1-21(2)11-16-20(17(24)12-21)15(18-4-3-9-26-18)10-19(25)23(16)14-7-5-13(22)6-8-14/h3-9,15H,10-12H2,1-2H3. The summed E-state index contributed by atoms with van der Waals surface area (Å²) < 4.78 is 6.68. The van der Waals surface area contributed by atoms with E-state index in [1.807, 2.05) is 36.4 Å². The molecule has 1 amide bonds. The van der Waals surface area contributed by atoms with Crippen LogP contribution in [0.25, 0.3) is 0 Å². The summed E-state index contributed by atoms with van der Waals surface area (Å²) in [5.41, 5.74) is 2.25. The molecule has 0 radical (unpaired) electrons. The summed E-state index contributed by atoms with van der Waals surface area (Å²) in [4.78, 5) is 27.9. The molecule has 4 nitrogen and oxygen atoms in total. The third-order valence-electron chi connectivity index (χ3n) is 5.11. The van der Waals surface area contributed by atoms with Crippen LogP contribution >= 0.6 is 22.6 Å². The van der Waals surface area contributed by atoms with Gasteiger partial charge < -0.3 is 4.42 Å². The average Bonchev–Trinajstić information content (AvgIpc) is 3.08. The molecule has 1 unspecified atom stereocenters. The number of nitrogens with zero attached hydrogens (tertiary/aromatic N) is 1. The van der Waals surface area contributed by atoms with Gasteiger partial charge in [0.2, 0.25) is 5.91 Å². The van der Waals surface area contributed by atoms with E-state index in [1.54, 1.807) is 11.2 Å². The van der Waals surface area contributed by atoms with Crippen molar-refractivity contribution in [1.82, 2.24) is 0 Å². The first-order valence-electron chi connectivity index (χ1n) is 8.74. The Morgan fingerprint density at radius 1 is 1.12 bits per heavy atom. The molecule has 1 atom stereocenters. The highest BCUT2D eigenvalue weighted by Crippen LogP contribution is 2.48. The fraction of sp³-hybridized carbons (Fsp3) is 0.333. The Kier molecular flexibility index (Phi) is 4.29. The van der Waals surface area contributed by atoms with Gasteiger partial charge in [0.05, 0.1) is 12.2 Å². The van der Waals surface area contributed by atoms with Crippen molar-refractivity contribution in [3.05, 3.63) is 63.3 Å². The van der Waals surface area contributed by atoms with Crippen LogP contribution in [0, 0.1) is 8.99 Å². The Bertz CT molecular complexity index is 894. The summed E-state index contributed by atoms with van der Waals surface area (Å²) >= 11 is 2.25. The minimum Gasteiger partial charge on any atom is -0.469 e. The molecular formula is C21H20INO3. The van der Waals surface area contributed by atoms with Gasteiger partial charge in [-0.05, 0) is 70.8 Å². The summed E-state index contributed by atoms with van der Waals surface area (Å²) in [6, 6.07) is 11.5. The van der Waals surface area contributed by atoms with E-state index in [1.165, 1.54) is 0 Å². The Morgan fingerprint density at radius 2 is 1.85 bits per heavy atom. The number of furan rings is 1. The molecule has 2 aromatic rings. The van der Waals surface area contributed by atoms with E-state index in [0.717, 1.165) is 20.5 Å². The van der Waals surface area contributed by atoms with Crippen LogP contribution in [0.5, 0.6) is 0 Å². The first kappa shape index (κ1) is 17.5. The van der Waals surface area contributed by atoms with Crippen LogP contribution in [-0.4, -0.2) is 11.7 Å². The van der Waals surface area contributed by atoms with E-state index in [-0.39, 0.29) is 29.4 Å². The molecule has 0 bridgehead atoms. The number of rotatable bonds is 2. The van der Waals surface area contributed by atoms with Gasteiger partial charge in [-0.2, -0.15) is 0 Å². The zero-order valence-corrected chi connectivity index (χ0v) is 16.9. The quantitative estimate of drug-likeness (QED) is 0.589. The SMILES string of the molecule is CC1(C)CC(=O)C2=C(C1)N(c1ccc(I)cc1)C(=O)CC2c1ccco1. The minimum absolute atomic E-state index is 0.0110. The van der Waals surface area contributed by atoms with Crippen LogP contribution in [0.1, 0.15) is 44.8 Å². The van der Waals surface area contributed by atoms with Crippen LogP contribution in [0.3, 0.4) is 0 Å². The average molecular weight is 461 g/mol. The maximum absolute atomic E-state index is 13.1. The lowest BCUT2D eigenvalue weighted by Gasteiger charge is -2.42. The fourth-order valence-corrected chi connectivity index (χ4v) is 4.40. The van der Waals surface area contributed by atoms with E-state index in [0.29, 0.717) is 18.6 Å². The molecule has 0 fully saturated rings. The Balaban J connectivity index is 1.89. The third-order valence-corrected chi connectivity index (χ3v) is 5.83. The molecule has 1 aliphatic carbocycles. The van der Waals surface area contributed by atoms with Crippen LogP contribution < -0.4 is 4.90 Å². The van der Waals surface area contributed by atoms with Crippen LogP contribution in [-0.2, 0) is 9.59 Å². The summed E-state index contributed by atoms with van der Waals surface area (Å²) in [7, 11) is 0.